The van der Waals surface area contributed by atoms with Crippen LogP contribution in [0.25, 0.3) is 11.4 Å². The summed E-state index contributed by atoms with van der Waals surface area (Å²) < 4.78 is 21.5. The maximum absolute atomic E-state index is 11.8. The number of nitrogens with zero attached hydrogens (tertiary/aromatic N) is 2. The van der Waals surface area contributed by atoms with E-state index < -0.39 is 6.04 Å². The fraction of sp³-hybridized carbons (Fsp3) is 0.500. The largest absolute Gasteiger partial charge is 0.493 e. The summed E-state index contributed by atoms with van der Waals surface area (Å²) in [7, 11) is 4.59. The van der Waals surface area contributed by atoms with E-state index in [-0.39, 0.29) is 17.7 Å². The van der Waals surface area contributed by atoms with Crippen molar-refractivity contribution in [2.75, 3.05) is 27.2 Å². The number of halogens is 1. The molecule has 1 heterocycles. The topological polar surface area (TPSA) is 95.7 Å². The summed E-state index contributed by atoms with van der Waals surface area (Å²) >= 11 is 5.61. The van der Waals surface area contributed by atoms with Gasteiger partial charge in [-0.15, -0.1) is 11.6 Å². The lowest BCUT2D eigenvalue weighted by Gasteiger charge is -2.20. The number of benzene rings is 1. The summed E-state index contributed by atoms with van der Waals surface area (Å²) in [5, 5.41) is 6.87. The van der Waals surface area contributed by atoms with Crippen LogP contribution >= 0.6 is 11.6 Å². The number of ether oxygens (including phenoxy) is 3. The number of hydrogen-bond acceptors (Lipinski definition) is 7. The second kappa shape index (κ2) is 9.45. The van der Waals surface area contributed by atoms with Crippen LogP contribution in [0.1, 0.15) is 32.2 Å². The first kappa shape index (κ1) is 20.8. The van der Waals surface area contributed by atoms with E-state index in [4.69, 9.17) is 30.3 Å². The minimum atomic E-state index is -0.426. The van der Waals surface area contributed by atoms with E-state index in [0.29, 0.717) is 34.5 Å². The minimum absolute atomic E-state index is 0.0883. The Kier molecular flexibility index (Phi) is 7.29. The molecule has 0 radical (unpaired) electrons. The molecule has 0 spiro atoms. The van der Waals surface area contributed by atoms with E-state index >= 15 is 0 Å². The molecule has 0 saturated carbocycles. The summed E-state index contributed by atoms with van der Waals surface area (Å²) in [6.45, 7) is 4.00. The van der Waals surface area contributed by atoms with Crippen molar-refractivity contribution in [2.45, 2.75) is 26.3 Å². The molecule has 9 heteroatoms. The van der Waals surface area contributed by atoms with Gasteiger partial charge in [0.15, 0.2) is 11.5 Å². The van der Waals surface area contributed by atoms with Gasteiger partial charge in [0.2, 0.25) is 23.4 Å². The Morgan fingerprint density at radius 1 is 1.22 bits per heavy atom. The fourth-order valence-electron chi connectivity index (χ4n) is 2.58. The van der Waals surface area contributed by atoms with Gasteiger partial charge in [0, 0.05) is 5.56 Å². The molecule has 27 heavy (non-hydrogen) atoms. The highest BCUT2D eigenvalue weighted by molar-refractivity contribution is 6.27. The lowest BCUT2D eigenvalue weighted by Crippen LogP contribution is -2.33. The van der Waals surface area contributed by atoms with Crippen LogP contribution in [0.15, 0.2) is 16.7 Å². The van der Waals surface area contributed by atoms with Crippen LogP contribution < -0.4 is 19.5 Å². The number of alkyl halides is 1. The highest BCUT2D eigenvalue weighted by Gasteiger charge is 2.27. The van der Waals surface area contributed by atoms with Crippen LogP contribution in [-0.4, -0.2) is 43.3 Å². The molecule has 0 saturated heterocycles. The van der Waals surface area contributed by atoms with Crippen LogP contribution in [0, 0.1) is 5.92 Å². The molecular formula is C18H24ClN3O5. The van der Waals surface area contributed by atoms with E-state index in [9.17, 15) is 4.79 Å². The van der Waals surface area contributed by atoms with Crippen LogP contribution in [0.5, 0.6) is 17.2 Å². The van der Waals surface area contributed by atoms with Gasteiger partial charge in [-0.3, -0.25) is 4.79 Å². The van der Waals surface area contributed by atoms with Gasteiger partial charge in [-0.25, -0.2) is 0 Å². The number of rotatable bonds is 9. The number of hydrogen-bond donors (Lipinski definition) is 1. The Morgan fingerprint density at radius 2 is 1.85 bits per heavy atom. The summed E-state index contributed by atoms with van der Waals surface area (Å²) in [4.78, 5) is 16.2. The second-order valence-corrected chi connectivity index (χ2v) is 6.20. The van der Waals surface area contributed by atoms with E-state index in [1.807, 2.05) is 13.8 Å². The summed E-state index contributed by atoms with van der Waals surface area (Å²) in [6, 6.07) is 3.03. The molecule has 2 atom stereocenters. The number of aromatic nitrogens is 2. The molecule has 0 bridgehead atoms. The fourth-order valence-corrected chi connectivity index (χ4v) is 2.66. The van der Waals surface area contributed by atoms with Crippen LogP contribution in [-0.2, 0) is 4.79 Å². The molecule has 1 N–H and O–H groups in total. The van der Waals surface area contributed by atoms with Crippen LogP contribution in [0.2, 0.25) is 0 Å². The average Bonchev–Trinajstić information content (AvgIpc) is 3.19. The maximum atomic E-state index is 11.8. The third-order valence-electron chi connectivity index (χ3n) is 4.28. The van der Waals surface area contributed by atoms with Crippen molar-refractivity contribution >= 4 is 17.5 Å². The van der Waals surface area contributed by atoms with Gasteiger partial charge in [-0.1, -0.05) is 25.4 Å². The van der Waals surface area contributed by atoms with Crippen molar-refractivity contribution in [3.8, 4) is 28.6 Å². The number of nitrogens with one attached hydrogen (secondary N) is 1. The van der Waals surface area contributed by atoms with Gasteiger partial charge in [-0.2, -0.15) is 4.98 Å². The highest BCUT2D eigenvalue weighted by atomic mass is 35.5. The Bertz CT molecular complexity index is 755. The normalized spacial score (nSPS) is 13.0. The van der Waals surface area contributed by atoms with Gasteiger partial charge in [-0.05, 0) is 18.1 Å². The van der Waals surface area contributed by atoms with Crippen molar-refractivity contribution in [1.82, 2.24) is 15.5 Å². The lowest BCUT2D eigenvalue weighted by molar-refractivity contribution is -0.120. The monoisotopic (exact) mass is 397 g/mol. The molecular weight excluding hydrogens is 374 g/mol. The standard InChI is InChI=1S/C18H24ClN3O5/c1-6-10(2)15(20-14(23)9-19)18-21-17(22-27-18)11-7-12(24-3)16(26-5)13(8-11)25-4/h7-8,10,15H,6,9H2,1-5H3,(H,20,23). The van der Waals surface area contributed by atoms with E-state index in [2.05, 4.69) is 15.5 Å². The first-order valence-electron chi connectivity index (χ1n) is 8.48. The molecule has 0 aliphatic heterocycles. The molecule has 2 unspecified atom stereocenters. The predicted molar refractivity (Wildman–Crippen MR) is 100 cm³/mol. The first-order chi connectivity index (χ1) is 13.0. The second-order valence-electron chi connectivity index (χ2n) is 5.93. The maximum Gasteiger partial charge on any atom is 0.249 e. The van der Waals surface area contributed by atoms with Crippen LogP contribution in [0.4, 0.5) is 0 Å². The number of carbonyl (C=O) groups excluding carboxylic acids is 1. The summed E-state index contributed by atoms with van der Waals surface area (Å²) in [5.74, 6) is 1.74. The van der Waals surface area contributed by atoms with Crippen molar-refractivity contribution in [2.24, 2.45) is 5.92 Å². The lowest BCUT2D eigenvalue weighted by atomic mass is 9.99. The molecule has 0 fully saturated rings. The molecule has 1 aromatic carbocycles. The molecule has 1 aromatic heterocycles. The van der Waals surface area contributed by atoms with Gasteiger partial charge < -0.3 is 24.1 Å². The highest BCUT2D eigenvalue weighted by Crippen LogP contribution is 2.40. The van der Waals surface area contributed by atoms with Crippen LogP contribution in [0.3, 0.4) is 0 Å². The van der Waals surface area contributed by atoms with Crippen molar-refractivity contribution < 1.29 is 23.5 Å². The molecule has 1 amide bonds. The molecule has 0 aliphatic rings. The third-order valence-corrected chi connectivity index (χ3v) is 4.52. The summed E-state index contributed by atoms with van der Waals surface area (Å²) in [6.07, 6.45) is 0.815. The van der Waals surface area contributed by atoms with Crippen molar-refractivity contribution in [3.05, 3.63) is 18.0 Å². The summed E-state index contributed by atoms with van der Waals surface area (Å²) in [5.41, 5.74) is 0.631. The zero-order valence-corrected chi connectivity index (χ0v) is 16.8. The Hall–Kier alpha value is -2.48. The van der Waals surface area contributed by atoms with Gasteiger partial charge in [0.25, 0.3) is 0 Å². The van der Waals surface area contributed by atoms with Crippen molar-refractivity contribution in [1.29, 1.82) is 0 Å². The van der Waals surface area contributed by atoms with Gasteiger partial charge >= 0.3 is 0 Å². The molecule has 2 rings (SSSR count). The van der Waals surface area contributed by atoms with E-state index in [0.717, 1.165) is 6.42 Å². The van der Waals surface area contributed by atoms with E-state index in [1.165, 1.54) is 21.3 Å². The van der Waals surface area contributed by atoms with E-state index in [1.54, 1.807) is 12.1 Å². The quantitative estimate of drug-likeness (QED) is 0.649. The Labute approximate surface area is 163 Å². The minimum Gasteiger partial charge on any atom is -0.493 e. The average molecular weight is 398 g/mol. The number of amides is 1. The van der Waals surface area contributed by atoms with Gasteiger partial charge in [0.05, 0.1) is 21.3 Å². The Morgan fingerprint density at radius 3 is 2.33 bits per heavy atom. The smallest absolute Gasteiger partial charge is 0.249 e. The SMILES string of the molecule is CCC(C)C(NC(=O)CCl)c1nc(-c2cc(OC)c(OC)c(OC)c2)no1. The number of carbonyl (C=O) groups is 1. The zero-order valence-electron chi connectivity index (χ0n) is 16.0. The molecule has 2 aromatic rings. The molecule has 148 valence electrons. The van der Waals surface area contributed by atoms with Crippen molar-refractivity contribution in [3.63, 3.8) is 0 Å². The molecule has 0 aliphatic carbocycles. The van der Waals surface area contributed by atoms with Gasteiger partial charge in [0.1, 0.15) is 11.9 Å². The molecule has 8 nitrogen and oxygen atoms in total. The predicted octanol–water partition coefficient (Wildman–Crippen LogP) is 3.20. The Balaban J connectivity index is 2.42. The third kappa shape index (κ3) is 4.63. The first-order valence-corrected chi connectivity index (χ1v) is 9.01. The number of methoxy groups -OCH3 is 3. The zero-order chi connectivity index (χ0) is 20.0.